The van der Waals surface area contributed by atoms with E-state index >= 15 is 0 Å². The summed E-state index contributed by atoms with van der Waals surface area (Å²) in [6, 6.07) is 16.5. The van der Waals surface area contributed by atoms with Gasteiger partial charge in [-0.2, -0.15) is 0 Å². The molecule has 0 bridgehead atoms. The van der Waals surface area contributed by atoms with Crippen molar-refractivity contribution in [3.63, 3.8) is 0 Å². The van der Waals surface area contributed by atoms with Gasteiger partial charge in [0.15, 0.2) is 0 Å². The smallest absolute Gasteiger partial charge is 0.0630 e. The van der Waals surface area contributed by atoms with Crippen molar-refractivity contribution in [3.8, 4) is 0 Å². The topological polar surface area (TPSA) is 12.4 Å². The van der Waals surface area contributed by atoms with Gasteiger partial charge in [-0.15, -0.1) is 0 Å². The SMILES string of the molecule is Cc1ccc(C=Nc2ccc(I)cc2)cc1. The molecule has 2 rings (SSSR count). The summed E-state index contributed by atoms with van der Waals surface area (Å²) in [6.07, 6.45) is 1.89. The van der Waals surface area contributed by atoms with Crippen molar-refractivity contribution in [2.24, 2.45) is 4.99 Å². The largest absolute Gasteiger partial charge is 0.256 e. The van der Waals surface area contributed by atoms with Gasteiger partial charge in [0, 0.05) is 9.78 Å². The van der Waals surface area contributed by atoms with Crippen LogP contribution in [0.25, 0.3) is 0 Å². The lowest BCUT2D eigenvalue weighted by Crippen LogP contribution is -1.80. The van der Waals surface area contributed by atoms with E-state index in [1.807, 2.05) is 18.3 Å². The van der Waals surface area contributed by atoms with E-state index in [9.17, 15) is 0 Å². The molecule has 16 heavy (non-hydrogen) atoms. The molecule has 0 aliphatic heterocycles. The van der Waals surface area contributed by atoms with Gasteiger partial charge in [-0.1, -0.05) is 29.8 Å². The first-order valence-corrected chi connectivity index (χ1v) is 6.18. The van der Waals surface area contributed by atoms with Gasteiger partial charge in [-0.3, -0.25) is 4.99 Å². The quantitative estimate of drug-likeness (QED) is 0.576. The summed E-state index contributed by atoms with van der Waals surface area (Å²) >= 11 is 2.29. The fraction of sp³-hybridized carbons (Fsp3) is 0.0714. The van der Waals surface area contributed by atoms with E-state index < -0.39 is 0 Å². The van der Waals surface area contributed by atoms with Crippen LogP contribution in [0.15, 0.2) is 53.5 Å². The second-order valence-electron chi connectivity index (χ2n) is 3.65. The second kappa shape index (κ2) is 5.25. The Morgan fingerprint density at radius 2 is 1.56 bits per heavy atom. The fourth-order valence-electron chi connectivity index (χ4n) is 1.33. The zero-order valence-corrected chi connectivity index (χ0v) is 11.2. The number of benzene rings is 2. The summed E-state index contributed by atoms with van der Waals surface area (Å²) in [5.74, 6) is 0. The lowest BCUT2D eigenvalue weighted by molar-refractivity contribution is 1.46. The average molecular weight is 321 g/mol. The van der Waals surface area contributed by atoms with Gasteiger partial charge in [0.05, 0.1) is 5.69 Å². The minimum atomic E-state index is 0.987. The molecule has 2 aromatic rings. The highest BCUT2D eigenvalue weighted by atomic mass is 127. The molecule has 0 saturated heterocycles. The third kappa shape index (κ3) is 3.17. The highest BCUT2D eigenvalue weighted by Gasteiger charge is 1.90. The minimum absolute atomic E-state index is 0.987. The summed E-state index contributed by atoms with van der Waals surface area (Å²) in [5, 5.41) is 0. The van der Waals surface area contributed by atoms with Crippen molar-refractivity contribution in [2.75, 3.05) is 0 Å². The summed E-state index contributed by atoms with van der Waals surface area (Å²) < 4.78 is 1.23. The molecule has 0 spiro atoms. The van der Waals surface area contributed by atoms with Crippen LogP contribution < -0.4 is 0 Å². The van der Waals surface area contributed by atoms with Crippen molar-refractivity contribution in [1.82, 2.24) is 0 Å². The van der Waals surface area contributed by atoms with E-state index in [0.717, 1.165) is 11.3 Å². The van der Waals surface area contributed by atoms with Crippen LogP contribution in [0.3, 0.4) is 0 Å². The third-order valence-electron chi connectivity index (χ3n) is 2.27. The van der Waals surface area contributed by atoms with Crippen LogP contribution in [0, 0.1) is 10.5 Å². The highest BCUT2D eigenvalue weighted by Crippen LogP contribution is 2.14. The number of aryl methyl sites for hydroxylation is 1. The van der Waals surface area contributed by atoms with Gasteiger partial charge >= 0.3 is 0 Å². The van der Waals surface area contributed by atoms with Crippen molar-refractivity contribution < 1.29 is 0 Å². The fourth-order valence-corrected chi connectivity index (χ4v) is 1.69. The molecule has 0 radical (unpaired) electrons. The van der Waals surface area contributed by atoms with Gasteiger partial charge in [0.1, 0.15) is 0 Å². The first-order valence-electron chi connectivity index (χ1n) is 5.10. The number of hydrogen-bond acceptors (Lipinski definition) is 1. The van der Waals surface area contributed by atoms with Crippen molar-refractivity contribution in [3.05, 3.63) is 63.2 Å². The maximum Gasteiger partial charge on any atom is 0.0630 e. The standard InChI is InChI=1S/C14H12IN/c1-11-2-4-12(5-3-11)10-16-14-8-6-13(15)7-9-14/h2-10H,1H3. The van der Waals surface area contributed by atoms with Crippen LogP contribution in [-0.4, -0.2) is 6.21 Å². The number of halogens is 1. The van der Waals surface area contributed by atoms with E-state index in [0.29, 0.717) is 0 Å². The lowest BCUT2D eigenvalue weighted by atomic mass is 10.2. The van der Waals surface area contributed by atoms with Crippen molar-refractivity contribution in [1.29, 1.82) is 0 Å². The molecule has 0 unspecified atom stereocenters. The predicted octanol–water partition coefficient (Wildman–Crippen LogP) is 4.35. The Morgan fingerprint density at radius 3 is 2.19 bits per heavy atom. The molecule has 2 aromatic carbocycles. The Balaban J connectivity index is 2.15. The molecule has 80 valence electrons. The maximum absolute atomic E-state index is 4.42. The zero-order chi connectivity index (χ0) is 11.4. The van der Waals surface area contributed by atoms with E-state index in [-0.39, 0.29) is 0 Å². The molecule has 0 aliphatic rings. The second-order valence-corrected chi connectivity index (χ2v) is 4.89. The van der Waals surface area contributed by atoms with Crippen molar-refractivity contribution >= 4 is 34.5 Å². The molecular formula is C14H12IN. The lowest BCUT2D eigenvalue weighted by Gasteiger charge is -1.95. The molecule has 0 fully saturated rings. The highest BCUT2D eigenvalue weighted by molar-refractivity contribution is 14.1. The summed E-state index contributed by atoms with van der Waals surface area (Å²) in [4.78, 5) is 4.42. The van der Waals surface area contributed by atoms with Gasteiger partial charge in [-0.05, 0) is 59.3 Å². The summed E-state index contributed by atoms with van der Waals surface area (Å²) in [6.45, 7) is 2.08. The molecule has 0 atom stereocenters. The molecule has 1 nitrogen and oxygen atoms in total. The molecule has 0 aromatic heterocycles. The molecular weight excluding hydrogens is 309 g/mol. The Labute approximate surface area is 109 Å². The Bertz CT molecular complexity index is 436. The van der Waals surface area contributed by atoms with Crippen LogP contribution in [0.4, 0.5) is 5.69 Å². The molecule has 2 heteroatoms. The number of nitrogens with zero attached hydrogens (tertiary/aromatic N) is 1. The van der Waals surface area contributed by atoms with Crippen LogP contribution in [0.5, 0.6) is 0 Å². The van der Waals surface area contributed by atoms with Gasteiger partial charge in [0.25, 0.3) is 0 Å². The minimum Gasteiger partial charge on any atom is -0.256 e. The first-order chi connectivity index (χ1) is 7.74. The summed E-state index contributed by atoms with van der Waals surface area (Å²) in [5.41, 5.74) is 3.39. The number of rotatable bonds is 2. The predicted molar refractivity (Wildman–Crippen MR) is 77.6 cm³/mol. The van der Waals surface area contributed by atoms with E-state index in [1.54, 1.807) is 0 Å². The number of hydrogen-bond donors (Lipinski definition) is 0. The molecule has 0 saturated carbocycles. The normalized spacial score (nSPS) is 10.9. The molecule has 0 aliphatic carbocycles. The van der Waals surface area contributed by atoms with Gasteiger partial charge < -0.3 is 0 Å². The van der Waals surface area contributed by atoms with Gasteiger partial charge in [0.2, 0.25) is 0 Å². The van der Waals surface area contributed by atoms with Crippen LogP contribution >= 0.6 is 22.6 Å². The van der Waals surface area contributed by atoms with E-state index in [1.165, 1.54) is 9.13 Å². The zero-order valence-electron chi connectivity index (χ0n) is 9.02. The monoisotopic (exact) mass is 321 g/mol. The molecule has 0 N–H and O–H groups in total. The van der Waals surface area contributed by atoms with Crippen molar-refractivity contribution in [2.45, 2.75) is 6.92 Å². The molecule has 0 heterocycles. The summed E-state index contributed by atoms with van der Waals surface area (Å²) in [7, 11) is 0. The van der Waals surface area contributed by atoms with Crippen LogP contribution in [-0.2, 0) is 0 Å². The van der Waals surface area contributed by atoms with Crippen LogP contribution in [0.1, 0.15) is 11.1 Å². The molecule has 0 amide bonds. The Hall–Kier alpha value is -1.16. The average Bonchev–Trinajstić information content (AvgIpc) is 2.30. The van der Waals surface area contributed by atoms with Crippen LogP contribution in [0.2, 0.25) is 0 Å². The number of aliphatic imine (C=N–C) groups is 1. The third-order valence-corrected chi connectivity index (χ3v) is 2.99. The van der Waals surface area contributed by atoms with E-state index in [4.69, 9.17) is 0 Å². The van der Waals surface area contributed by atoms with Gasteiger partial charge in [-0.25, -0.2) is 0 Å². The maximum atomic E-state index is 4.42. The van der Waals surface area contributed by atoms with E-state index in [2.05, 4.69) is 70.9 Å². The Morgan fingerprint density at radius 1 is 0.938 bits per heavy atom. The first kappa shape index (κ1) is 11.3. The Kier molecular flexibility index (Phi) is 3.72.